The highest BCUT2D eigenvalue weighted by atomic mass is 16.5. The monoisotopic (exact) mass is 313 g/mol. The molecule has 3 N–H and O–H groups in total. The molecule has 4 rings (SSSR count). The molecule has 0 aliphatic carbocycles. The Morgan fingerprint density at radius 1 is 1.43 bits per heavy atom. The van der Waals surface area contributed by atoms with Gasteiger partial charge in [-0.05, 0) is 13.0 Å². The minimum absolute atomic E-state index is 0.0139. The number of aromatic nitrogens is 2. The summed E-state index contributed by atoms with van der Waals surface area (Å²) in [7, 11) is 1.49. The summed E-state index contributed by atoms with van der Waals surface area (Å²) in [6.07, 6.45) is 0. The first-order valence-corrected chi connectivity index (χ1v) is 7.19. The standard InChI is InChI=1S/C16H15N3O4/c1-7-11-12(8-4-3-5-10(22-2)14(8)20)13-9(6-23-16(13)21)17-15(11)19-18-7/h3-5,12,20H,6H2,1-2H3,(H2,17,18,19). The largest absolute Gasteiger partial charge is 0.504 e. The van der Waals surface area contributed by atoms with E-state index in [2.05, 4.69) is 15.5 Å². The van der Waals surface area contributed by atoms with Gasteiger partial charge in [0, 0.05) is 16.8 Å². The van der Waals surface area contributed by atoms with E-state index in [9.17, 15) is 9.90 Å². The lowest BCUT2D eigenvalue weighted by molar-refractivity contribution is -0.136. The summed E-state index contributed by atoms with van der Waals surface area (Å²) in [5.41, 5.74) is 3.42. The Kier molecular flexibility index (Phi) is 2.84. The Hall–Kier alpha value is -2.96. The second kappa shape index (κ2) is 4.77. The Labute approximate surface area is 131 Å². The molecule has 0 amide bonds. The van der Waals surface area contributed by atoms with E-state index >= 15 is 0 Å². The van der Waals surface area contributed by atoms with Gasteiger partial charge in [0.25, 0.3) is 0 Å². The number of aromatic hydroxyl groups is 1. The molecule has 2 aromatic rings. The fourth-order valence-electron chi connectivity index (χ4n) is 3.23. The zero-order chi connectivity index (χ0) is 16.1. The van der Waals surface area contributed by atoms with Crippen LogP contribution in [0.2, 0.25) is 0 Å². The summed E-state index contributed by atoms with van der Waals surface area (Å²) in [5.74, 6) is 0.181. The molecule has 1 unspecified atom stereocenters. The predicted octanol–water partition coefficient (Wildman–Crippen LogP) is 1.80. The molecule has 0 saturated heterocycles. The Balaban J connectivity index is 1.98. The molecule has 0 fully saturated rings. The smallest absolute Gasteiger partial charge is 0.337 e. The number of aryl methyl sites for hydroxylation is 1. The van der Waals surface area contributed by atoms with Crippen LogP contribution in [0.5, 0.6) is 11.5 Å². The van der Waals surface area contributed by atoms with Gasteiger partial charge >= 0.3 is 5.97 Å². The maximum absolute atomic E-state index is 12.2. The maximum atomic E-state index is 12.2. The van der Waals surface area contributed by atoms with Crippen molar-refractivity contribution in [3.05, 3.63) is 46.3 Å². The Morgan fingerprint density at radius 3 is 3.04 bits per heavy atom. The number of aromatic amines is 1. The van der Waals surface area contributed by atoms with Crippen LogP contribution in [0.1, 0.15) is 22.7 Å². The van der Waals surface area contributed by atoms with Crippen LogP contribution < -0.4 is 10.1 Å². The molecule has 0 bridgehead atoms. The molecule has 3 heterocycles. The van der Waals surface area contributed by atoms with Crippen molar-refractivity contribution in [3.63, 3.8) is 0 Å². The number of anilines is 1. The van der Waals surface area contributed by atoms with Crippen molar-refractivity contribution in [2.45, 2.75) is 12.8 Å². The summed E-state index contributed by atoms with van der Waals surface area (Å²) in [4.78, 5) is 12.2. The summed E-state index contributed by atoms with van der Waals surface area (Å²) in [5, 5.41) is 20.9. The molecular formula is C16H15N3O4. The molecule has 23 heavy (non-hydrogen) atoms. The van der Waals surface area contributed by atoms with Gasteiger partial charge in [0.15, 0.2) is 17.3 Å². The normalized spacial score (nSPS) is 19.0. The minimum Gasteiger partial charge on any atom is -0.504 e. The quantitative estimate of drug-likeness (QED) is 0.732. The SMILES string of the molecule is COc1cccc(C2C3=C(COC3=O)Nc3n[nH]c(C)c32)c1O. The number of nitrogens with zero attached hydrogens (tertiary/aromatic N) is 1. The molecule has 1 aromatic carbocycles. The first-order valence-electron chi connectivity index (χ1n) is 7.19. The number of carbonyl (C=O) groups is 1. The topological polar surface area (TPSA) is 96.5 Å². The van der Waals surface area contributed by atoms with Gasteiger partial charge in [-0.25, -0.2) is 4.79 Å². The number of nitrogens with one attached hydrogen (secondary N) is 2. The van der Waals surface area contributed by atoms with E-state index in [1.807, 2.05) is 6.92 Å². The number of para-hydroxylation sites is 1. The number of H-pyrrole nitrogens is 1. The first kappa shape index (κ1) is 13.7. The van der Waals surface area contributed by atoms with Gasteiger partial charge in [0.1, 0.15) is 6.61 Å². The number of benzene rings is 1. The van der Waals surface area contributed by atoms with Crippen molar-refractivity contribution in [2.24, 2.45) is 0 Å². The number of cyclic esters (lactones) is 1. The van der Waals surface area contributed by atoms with Crippen LogP contribution in [-0.2, 0) is 9.53 Å². The lowest BCUT2D eigenvalue weighted by Crippen LogP contribution is -2.20. The number of rotatable bonds is 2. The third-order valence-electron chi connectivity index (χ3n) is 4.29. The van der Waals surface area contributed by atoms with E-state index in [-0.39, 0.29) is 18.3 Å². The number of fused-ring (bicyclic) bond motifs is 1. The average molecular weight is 313 g/mol. The maximum Gasteiger partial charge on any atom is 0.337 e. The number of hydrogen-bond acceptors (Lipinski definition) is 6. The zero-order valence-corrected chi connectivity index (χ0v) is 12.6. The Morgan fingerprint density at radius 2 is 2.26 bits per heavy atom. The van der Waals surface area contributed by atoms with Crippen molar-refractivity contribution >= 4 is 11.8 Å². The highest BCUT2D eigenvalue weighted by Crippen LogP contribution is 2.48. The molecule has 0 spiro atoms. The molecule has 1 atom stereocenters. The average Bonchev–Trinajstić information content (AvgIpc) is 3.10. The highest BCUT2D eigenvalue weighted by molar-refractivity contribution is 5.97. The van der Waals surface area contributed by atoms with Crippen LogP contribution >= 0.6 is 0 Å². The third kappa shape index (κ3) is 1.82. The van der Waals surface area contributed by atoms with Crippen molar-refractivity contribution in [2.75, 3.05) is 19.0 Å². The van der Waals surface area contributed by atoms with Crippen LogP contribution in [0, 0.1) is 6.92 Å². The molecule has 2 aliphatic rings. The number of phenolic OH excluding ortho intramolecular Hbond substituents is 1. The van der Waals surface area contributed by atoms with E-state index < -0.39 is 5.92 Å². The van der Waals surface area contributed by atoms with Gasteiger partial charge in [-0.3, -0.25) is 5.10 Å². The van der Waals surface area contributed by atoms with Crippen LogP contribution in [0.4, 0.5) is 5.82 Å². The fraction of sp³-hybridized carbons (Fsp3) is 0.250. The molecule has 7 nitrogen and oxygen atoms in total. The number of hydrogen-bond donors (Lipinski definition) is 3. The first-order chi connectivity index (χ1) is 11.1. The van der Waals surface area contributed by atoms with Crippen molar-refractivity contribution < 1.29 is 19.4 Å². The molecule has 0 saturated carbocycles. The van der Waals surface area contributed by atoms with E-state index in [0.29, 0.717) is 28.4 Å². The van der Waals surface area contributed by atoms with Gasteiger partial charge in [0.2, 0.25) is 0 Å². The highest BCUT2D eigenvalue weighted by Gasteiger charge is 2.41. The van der Waals surface area contributed by atoms with Gasteiger partial charge in [-0.1, -0.05) is 12.1 Å². The molecule has 7 heteroatoms. The summed E-state index contributed by atoms with van der Waals surface area (Å²) in [6, 6.07) is 5.23. The van der Waals surface area contributed by atoms with Crippen molar-refractivity contribution in [3.8, 4) is 11.5 Å². The molecular weight excluding hydrogens is 298 g/mol. The number of phenols is 1. The predicted molar refractivity (Wildman–Crippen MR) is 81.4 cm³/mol. The number of methoxy groups -OCH3 is 1. The molecule has 118 valence electrons. The van der Waals surface area contributed by atoms with Gasteiger partial charge in [0.05, 0.1) is 24.3 Å². The minimum atomic E-state index is -0.454. The van der Waals surface area contributed by atoms with Crippen LogP contribution in [0.3, 0.4) is 0 Å². The van der Waals surface area contributed by atoms with E-state index in [4.69, 9.17) is 9.47 Å². The van der Waals surface area contributed by atoms with Crippen molar-refractivity contribution in [1.82, 2.24) is 10.2 Å². The third-order valence-corrected chi connectivity index (χ3v) is 4.29. The number of esters is 1. The van der Waals surface area contributed by atoms with Crippen LogP contribution in [-0.4, -0.2) is 35.0 Å². The number of ether oxygens (including phenoxy) is 2. The second-order valence-electron chi connectivity index (χ2n) is 5.54. The lowest BCUT2D eigenvalue weighted by Gasteiger charge is -2.25. The van der Waals surface area contributed by atoms with E-state index in [0.717, 1.165) is 11.3 Å². The van der Waals surface area contributed by atoms with Gasteiger partial charge < -0.3 is 19.9 Å². The molecule has 2 aliphatic heterocycles. The Bertz CT molecular complexity index is 853. The second-order valence-corrected chi connectivity index (χ2v) is 5.54. The fourth-order valence-corrected chi connectivity index (χ4v) is 3.23. The lowest BCUT2D eigenvalue weighted by atomic mass is 9.81. The summed E-state index contributed by atoms with van der Waals surface area (Å²) >= 11 is 0. The summed E-state index contributed by atoms with van der Waals surface area (Å²) in [6.45, 7) is 2.06. The summed E-state index contributed by atoms with van der Waals surface area (Å²) < 4.78 is 10.4. The van der Waals surface area contributed by atoms with Gasteiger partial charge in [-0.15, -0.1) is 0 Å². The number of carbonyl (C=O) groups excluding carboxylic acids is 1. The van der Waals surface area contributed by atoms with E-state index in [1.165, 1.54) is 7.11 Å². The molecule has 1 aromatic heterocycles. The van der Waals surface area contributed by atoms with Crippen LogP contribution in [0.15, 0.2) is 29.5 Å². The van der Waals surface area contributed by atoms with Gasteiger partial charge in [-0.2, -0.15) is 5.10 Å². The molecule has 0 radical (unpaired) electrons. The van der Waals surface area contributed by atoms with E-state index in [1.54, 1.807) is 18.2 Å². The zero-order valence-electron chi connectivity index (χ0n) is 12.6. The van der Waals surface area contributed by atoms with Crippen LogP contribution in [0.25, 0.3) is 0 Å². The van der Waals surface area contributed by atoms with Crippen molar-refractivity contribution in [1.29, 1.82) is 0 Å².